The first-order valence-electron chi connectivity index (χ1n) is 6.28. The number of anilines is 1. The van der Waals surface area contributed by atoms with E-state index in [1.165, 1.54) is 18.4 Å². The fourth-order valence-corrected chi connectivity index (χ4v) is 3.08. The molecule has 19 heavy (non-hydrogen) atoms. The monoisotopic (exact) mass is 285 g/mol. The van der Waals surface area contributed by atoms with Gasteiger partial charge in [0.15, 0.2) is 11.2 Å². The lowest BCUT2D eigenvalue weighted by molar-refractivity contribution is -0.154. The second-order valence-electron chi connectivity index (χ2n) is 4.75. The average Bonchev–Trinajstić information content (AvgIpc) is 2.83. The third-order valence-corrected chi connectivity index (χ3v) is 4.28. The van der Waals surface area contributed by atoms with E-state index < -0.39 is 12.1 Å². The number of hydrogen-bond donors (Lipinski definition) is 2. The number of nitrogens with two attached hydrogens (primary N) is 1. The molecule has 0 bridgehead atoms. The number of aliphatic hydroxyl groups excluding tert-OH is 1. The van der Waals surface area contributed by atoms with Gasteiger partial charge in [0.25, 0.3) is 0 Å². The van der Waals surface area contributed by atoms with E-state index in [-0.39, 0.29) is 5.92 Å². The quantitative estimate of drug-likeness (QED) is 0.782. The number of methoxy groups -OCH3 is 1. The zero-order valence-corrected chi connectivity index (χ0v) is 11.7. The molecule has 2 heterocycles. The van der Waals surface area contributed by atoms with E-state index in [2.05, 4.69) is 14.6 Å². The second kappa shape index (κ2) is 6.31. The Balaban J connectivity index is 1.80. The average molecular weight is 285 g/mol. The normalized spacial score (nSPS) is 19.3. The third kappa shape index (κ3) is 3.65. The Hall–Kier alpha value is -1.18. The Morgan fingerprint density at radius 1 is 1.68 bits per heavy atom. The van der Waals surface area contributed by atoms with Crippen molar-refractivity contribution in [3.8, 4) is 0 Å². The fourth-order valence-electron chi connectivity index (χ4n) is 2.36. The first kappa shape index (κ1) is 14.2. The first-order valence-corrected chi connectivity index (χ1v) is 7.10. The molecule has 0 saturated carbocycles. The van der Waals surface area contributed by atoms with Crippen molar-refractivity contribution in [2.24, 2.45) is 5.92 Å². The summed E-state index contributed by atoms with van der Waals surface area (Å²) < 4.78 is 4.57. The van der Waals surface area contributed by atoms with Gasteiger partial charge in [0.2, 0.25) is 0 Å². The molecule has 0 amide bonds. The van der Waals surface area contributed by atoms with Crippen LogP contribution in [0.15, 0.2) is 6.20 Å². The molecule has 0 aromatic carbocycles. The van der Waals surface area contributed by atoms with Crippen LogP contribution in [0.5, 0.6) is 0 Å². The summed E-state index contributed by atoms with van der Waals surface area (Å²) in [6, 6.07) is 0. The predicted molar refractivity (Wildman–Crippen MR) is 72.6 cm³/mol. The standard InChI is InChI=1S/C12H19N3O3S/c1-18-11(17)10(16)8-2-4-15(5-3-8)7-9-6-14-12(13)19-9/h6,8,10,16H,2-5,7H2,1H3,(H2,13,14). The van der Waals surface area contributed by atoms with Gasteiger partial charge in [-0.3, -0.25) is 4.90 Å². The molecule has 1 saturated heterocycles. The Morgan fingerprint density at radius 2 is 2.37 bits per heavy atom. The topological polar surface area (TPSA) is 88.7 Å². The van der Waals surface area contributed by atoms with Gasteiger partial charge in [0.1, 0.15) is 0 Å². The summed E-state index contributed by atoms with van der Waals surface area (Å²) >= 11 is 1.50. The lowest BCUT2D eigenvalue weighted by Gasteiger charge is -2.32. The van der Waals surface area contributed by atoms with Gasteiger partial charge in [-0.1, -0.05) is 0 Å². The lowest BCUT2D eigenvalue weighted by Crippen LogP contribution is -2.40. The van der Waals surface area contributed by atoms with Gasteiger partial charge in [-0.05, 0) is 31.8 Å². The van der Waals surface area contributed by atoms with Gasteiger partial charge >= 0.3 is 5.97 Å². The van der Waals surface area contributed by atoms with E-state index in [1.807, 2.05) is 0 Å². The maximum Gasteiger partial charge on any atom is 0.334 e. The number of piperidine rings is 1. The van der Waals surface area contributed by atoms with Crippen LogP contribution in [-0.2, 0) is 16.1 Å². The van der Waals surface area contributed by atoms with Crippen molar-refractivity contribution in [1.82, 2.24) is 9.88 Å². The van der Waals surface area contributed by atoms with Crippen molar-refractivity contribution in [1.29, 1.82) is 0 Å². The number of aromatic nitrogens is 1. The van der Waals surface area contributed by atoms with Gasteiger partial charge in [-0.2, -0.15) is 0 Å². The van der Waals surface area contributed by atoms with E-state index in [0.29, 0.717) is 5.13 Å². The van der Waals surface area contributed by atoms with Crippen LogP contribution in [-0.4, -0.2) is 47.3 Å². The molecule has 1 atom stereocenters. The minimum atomic E-state index is -0.994. The minimum Gasteiger partial charge on any atom is -0.467 e. The Kier molecular flexibility index (Phi) is 4.73. The van der Waals surface area contributed by atoms with Gasteiger partial charge in [0.05, 0.1) is 7.11 Å². The molecule has 6 nitrogen and oxygen atoms in total. The minimum absolute atomic E-state index is 0.00442. The Bertz CT molecular complexity index is 430. The fraction of sp³-hybridized carbons (Fsp3) is 0.667. The molecule has 0 spiro atoms. The van der Waals surface area contributed by atoms with Crippen molar-refractivity contribution in [3.63, 3.8) is 0 Å². The number of aliphatic hydroxyl groups is 1. The molecule has 1 aromatic rings. The second-order valence-corrected chi connectivity index (χ2v) is 5.89. The smallest absolute Gasteiger partial charge is 0.334 e. The highest BCUT2D eigenvalue weighted by Gasteiger charge is 2.30. The number of thiazole rings is 1. The largest absolute Gasteiger partial charge is 0.467 e. The van der Waals surface area contributed by atoms with Crippen LogP contribution in [0.2, 0.25) is 0 Å². The van der Waals surface area contributed by atoms with E-state index in [9.17, 15) is 9.90 Å². The molecule has 106 valence electrons. The highest BCUT2D eigenvalue weighted by molar-refractivity contribution is 7.15. The van der Waals surface area contributed by atoms with Crippen LogP contribution >= 0.6 is 11.3 Å². The summed E-state index contributed by atoms with van der Waals surface area (Å²) in [5, 5.41) is 10.4. The van der Waals surface area contributed by atoms with Crippen molar-refractivity contribution < 1.29 is 14.6 Å². The summed E-state index contributed by atoms with van der Waals surface area (Å²) in [4.78, 5) is 18.7. The molecular weight excluding hydrogens is 266 g/mol. The summed E-state index contributed by atoms with van der Waals surface area (Å²) in [7, 11) is 1.30. The summed E-state index contributed by atoms with van der Waals surface area (Å²) in [6.45, 7) is 2.54. The maximum atomic E-state index is 11.3. The predicted octanol–water partition coefficient (Wildman–Crippen LogP) is 0.471. The molecule has 1 fully saturated rings. The van der Waals surface area contributed by atoms with E-state index in [1.54, 1.807) is 6.20 Å². The molecule has 3 N–H and O–H groups in total. The van der Waals surface area contributed by atoms with Gasteiger partial charge in [0, 0.05) is 17.6 Å². The van der Waals surface area contributed by atoms with Gasteiger partial charge in [-0.15, -0.1) is 11.3 Å². The SMILES string of the molecule is COC(=O)C(O)C1CCN(Cc2cnc(N)s2)CC1. The molecule has 7 heteroatoms. The van der Waals surface area contributed by atoms with E-state index in [4.69, 9.17) is 5.73 Å². The van der Waals surface area contributed by atoms with Gasteiger partial charge in [-0.25, -0.2) is 9.78 Å². The zero-order chi connectivity index (χ0) is 13.8. The number of carbonyl (C=O) groups excluding carboxylic acids is 1. The summed E-state index contributed by atoms with van der Waals surface area (Å²) in [5.74, 6) is -0.538. The molecule has 0 aliphatic carbocycles. The number of rotatable bonds is 4. The van der Waals surface area contributed by atoms with E-state index >= 15 is 0 Å². The first-order chi connectivity index (χ1) is 9.10. The lowest BCUT2D eigenvalue weighted by atomic mass is 9.91. The van der Waals surface area contributed by atoms with Crippen molar-refractivity contribution in [3.05, 3.63) is 11.1 Å². The summed E-state index contributed by atoms with van der Waals surface area (Å²) in [6.07, 6.45) is 2.40. The number of ether oxygens (including phenoxy) is 1. The zero-order valence-electron chi connectivity index (χ0n) is 10.9. The molecular formula is C12H19N3O3S. The van der Waals surface area contributed by atoms with Gasteiger partial charge < -0.3 is 15.6 Å². The van der Waals surface area contributed by atoms with Crippen LogP contribution in [0, 0.1) is 5.92 Å². The maximum absolute atomic E-state index is 11.3. The Morgan fingerprint density at radius 3 is 2.89 bits per heavy atom. The number of nitrogen functional groups attached to an aromatic ring is 1. The third-order valence-electron chi connectivity index (χ3n) is 3.47. The molecule has 1 aliphatic heterocycles. The molecule has 2 rings (SSSR count). The van der Waals surface area contributed by atoms with Crippen molar-refractivity contribution in [2.45, 2.75) is 25.5 Å². The van der Waals surface area contributed by atoms with Crippen molar-refractivity contribution in [2.75, 3.05) is 25.9 Å². The number of esters is 1. The number of likely N-dealkylation sites (tertiary alicyclic amines) is 1. The number of carbonyl (C=O) groups is 1. The van der Waals surface area contributed by atoms with E-state index in [0.717, 1.165) is 37.4 Å². The van der Waals surface area contributed by atoms with Crippen LogP contribution in [0.4, 0.5) is 5.13 Å². The van der Waals surface area contributed by atoms with Crippen LogP contribution < -0.4 is 5.73 Å². The summed E-state index contributed by atoms with van der Waals surface area (Å²) in [5.41, 5.74) is 5.60. The molecule has 1 unspecified atom stereocenters. The highest BCUT2D eigenvalue weighted by Crippen LogP contribution is 2.24. The van der Waals surface area contributed by atoms with Crippen LogP contribution in [0.25, 0.3) is 0 Å². The Labute approximate surface area is 116 Å². The molecule has 1 aromatic heterocycles. The molecule has 0 radical (unpaired) electrons. The molecule has 1 aliphatic rings. The number of hydrogen-bond acceptors (Lipinski definition) is 7. The number of nitrogens with zero attached hydrogens (tertiary/aromatic N) is 2. The van der Waals surface area contributed by atoms with Crippen LogP contribution in [0.1, 0.15) is 17.7 Å². The van der Waals surface area contributed by atoms with Crippen LogP contribution in [0.3, 0.4) is 0 Å². The highest BCUT2D eigenvalue weighted by atomic mass is 32.1. The van der Waals surface area contributed by atoms with Crippen molar-refractivity contribution >= 4 is 22.4 Å².